The van der Waals surface area contributed by atoms with Crippen LogP contribution >= 0.6 is 0 Å². The summed E-state index contributed by atoms with van der Waals surface area (Å²) in [5, 5.41) is 24.7. The predicted molar refractivity (Wildman–Crippen MR) is 248 cm³/mol. The minimum absolute atomic E-state index is 0.0564. The van der Waals surface area contributed by atoms with Crippen molar-refractivity contribution in [2.24, 2.45) is 5.41 Å². The van der Waals surface area contributed by atoms with Crippen LogP contribution in [0.2, 0.25) is 0 Å². The second-order valence-corrected chi connectivity index (χ2v) is 20.5. The maximum absolute atomic E-state index is 16.4. The number of nitrogens with one attached hydrogen (secondary N) is 3. The van der Waals surface area contributed by atoms with Crippen LogP contribution in [0.25, 0.3) is 11.0 Å². The Labute approximate surface area is 386 Å². The third kappa shape index (κ3) is 9.35. The van der Waals surface area contributed by atoms with Crippen LogP contribution in [0.1, 0.15) is 98.7 Å². The maximum atomic E-state index is 16.4. The molecule has 1 atom stereocenters. The number of anilines is 2. The molecule has 4 fully saturated rings. The fourth-order valence-electron chi connectivity index (χ4n) is 10.6. The number of nitro benzene ring substituents is 1. The van der Waals surface area contributed by atoms with Gasteiger partial charge in [0.15, 0.2) is 0 Å². The topological polar surface area (TPSA) is 203 Å². The van der Waals surface area contributed by atoms with E-state index in [2.05, 4.69) is 58.3 Å². The predicted octanol–water partition coefficient (Wildman–Crippen LogP) is 9.12. The number of alkyl halides is 1. The Morgan fingerprint density at radius 2 is 1.76 bits per heavy atom. The monoisotopic (exact) mass is 940 g/mol. The van der Waals surface area contributed by atoms with Gasteiger partial charge in [0.2, 0.25) is 0 Å². The average Bonchev–Trinajstić information content (AvgIpc) is 3.98. The summed E-state index contributed by atoms with van der Waals surface area (Å²) >= 11 is 0. The standard InChI is InChI=1S/C48H54F2N8O8S/c1-30(2)35-6-3-4-7-36(35)40-8-5-17-57(40)32-26-47(27-32)12-18-55(19-13-47)41-25-43(66-33-22-31-11-16-51-44(31)52-28-33)37(24-38(41)49)45(59)54-67(64,65)34-9-10-39(42(23-34)58(62)63)53-29-48(50)14-20-56(21-15-48)46(60)61/h3-4,6-7,9-11,16,22-25,28,30,32,40,53H,5,8,12-15,17-21,26-27,29H2,1-2H3,(H,51,52)(H,54,59)(H,60,61). The van der Waals surface area contributed by atoms with Crippen LogP contribution in [0.15, 0.2) is 84.0 Å². The van der Waals surface area contributed by atoms with Crippen molar-refractivity contribution in [1.82, 2.24) is 24.5 Å². The van der Waals surface area contributed by atoms with Gasteiger partial charge in [0, 0.05) is 81.4 Å². The number of rotatable bonds is 13. The smallest absolute Gasteiger partial charge is 0.407 e. The number of hydrogen-bond acceptors (Lipinski definition) is 11. The number of nitrogens with zero attached hydrogens (tertiary/aromatic N) is 5. The lowest BCUT2D eigenvalue weighted by Gasteiger charge is -2.56. The zero-order valence-corrected chi connectivity index (χ0v) is 38.2. The molecule has 3 aliphatic heterocycles. The van der Waals surface area contributed by atoms with Gasteiger partial charge in [0.25, 0.3) is 21.6 Å². The number of ether oxygens (including phenoxy) is 1. The van der Waals surface area contributed by atoms with Crippen LogP contribution in [-0.4, -0.2) is 101 Å². The molecule has 2 amide bonds. The first-order chi connectivity index (χ1) is 32.0. The lowest BCUT2D eigenvalue weighted by molar-refractivity contribution is -0.384. The van der Waals surface area contributed by atoms with Crippen LogP contribution in [0.3, 0.4) is 0 Å². The Morgan fingerprint density at radius 1 is 1.01 bits per heavy atom. The number of halogens is 2. The van der Waals surface area contributed by atoms with Crippen molar-refractivity contribution >= 4 is 50.1 Å². The number of aromatic amines is 1. The Bertz CT molecular complexity index is 2820. The number of hydrogen-bond donors (Lipinski definition) is 4. The quantitative estimate of drug-likeness (QED) is 0.0645. The largest absolute Gasteiger partial charge is 0.465 e. The third-order valence-electron chi connectivity index (χ3n) is 14.4. The molecule has 0 radical (unpaired) electrons. The minimum atomic E-state index is -4.82. The summed E-state index contributed by atoms with van der Waals surface area (Å²) in [5.41, 5.74) is 0.569. The number of fused-ring (bicyclic) bond motifs is 1. The summed E-state index contributed by atoms with van der Waals surface area (Å²) in [6.07, 6.45) is 7.85. The average molecular weight is 941 g/mol. The number of sulfonamides is 1. The molecule has 3 aromatic carbocycles. The van der Waals surface area contributed by atoms with Gasteiger partial charge in [0.05, 0.1) is 27.3 Å². The molecule has 1 spiro atoms. The molecular weight excluding hydrogens is 887 g/mol. The number of carbonyl (C=O) groups is 2. The number of H-pyrrole nitrogens is 1. The fourth-order valence-corrected chi connectivity index (χ4v) is 11.6. The molecule has 1 aliphatic carbocycles. The number of likely N-dealkylation sites (tertiary alicyclic amines) is 2. The first-order valence-corrected chi connectivity index (χ1v) is 24.3. The van der Waals surface area contributed by atoms with Crippen LogP contribution < -0.4 is 19.7 Å². The molecule has 1 unspecified atom stereocenters. The van der Waals surface area contributed by atoms with Gasteiger partial charge in [-0.3, -0.25) is 19.8 Å². The minimum Gasteiger partial charge on any atom is -0.465 e. The summed E-state index contributed by atoms with van der Waals surface area (Å²) in [7, 11) is -4.82. The highest BCUT2D eigenvalue weighted by Crippen LogP contribution is 2.54. The second-order valence-electron chi connectivity index (χ2n) is 18.9. The van der Waals surface area contributed by atoms with Crippen molar-refractivity contribution in [1.29, 1.82) is 0 Å². The molecule has 4 N–H and O–H groups in total. The molecular formula is C48H54F2N8O8S. The van der Waals surface area contributed by atoms with E-state index < -0.39 is 61.1 Å². The molecule has 1 saturated carbocycles. The Kier molecular flexibility index (Phi) is 12.3. The molecule has 19 heteroatoms. The summed E-state index contributed by atoms with van der Waals surface area (Å²) in [6.45, 7) is 6.21. The normalized spacial score (nSPS) is 19.7. The molecule has 67 heavy (non-hydrogen) atoms. The van der Waals surface area contributed by atoms with Crippen molar-refractivity contribution in [3.8, 4) is 11.5 Å². The zero-order chi connectivity index (χ0) is 47.3. The van der Waals surface area contributed by atoms with Crippen molar-refractivity contribution in [3.63, 3.8) is 0 Å². The van der Waals surface area contributed by atoms with Crippen LogP contribution in [0.5, 0.6) is 11.5 Å². The van der Waals surface area contributed by atoms with Crippen molar-refractivity contribution < 1.29 is 41.6 Å². The van der Waals surface area contributed by atoms with E-state index in [1.165, 1.54) is 29.8 Å². The van der Waals surface area contributed by atoms with Crippen molar-refractivity contribution in [2.75, 3.05) is 49.5 Å². The summed E-state index contributed by atoms with van der Waals surface area (Å²) in [6, 6.07) is 18.3. The Morgan fingerprint density at radius 3 is 2.48 bits per heavy atom. The highest BCUT2D eigenvalue weighted by molar-refractivity contribution is 7.90. The van der Waals surface area contributed by atoms with Gasteiger partial charge in [0.1, 0.15) is 34.3 Å². The van der Waals surface area contributed by atoms with Crippen LogP contribution in [-0.2, 0) is 10.0 Å². The van der Waals surface area contributed by atoms with Gasteiger partial charge in [-0.2, -0.15) is 0 Å². The third-order valence-corrected chi connectivity index (χ3v) is 15.7. The molecule has 5 aromatic rings. The molecule has 2 aromatic heterocycles. The van der Waals surface area contributed by atoms with Gasteiger partial charge >= 0.3 is 6.09 Å². The number of benzene rings is 3. The van der Waals surface area contributed by atoms with E-state index in [-0.39, 0.29) is 54.2 Å². The van der Waals surface area contributed by atoms with Gasteiger partial charge in [-0.05, 0) is 97.9 Å². The number of piperidine rings is 2. The lowest BCUT2D eigenvalue weighted by atomic mass is 9.59. The van der Waals surface area contributed by atoms with Crippen LogP contribution in [0.4, 0.5) is 30.6 Å². The number of carboxylic acid groups (broad SMARTS) is 1. The Hall–Kier alpha value is -6.34. The molecule has 9 rings (SSSR count). The fraction of sp³-hybridized carbons (Fsp3) is 0.438. The molecule has 5 heterocycles. The van der Waals surface area contributed by atoms with Gasteiger partial charge in [-0.25, -0.2) is 31.7 Å². The summed E-state index contributed by atoms with van der Waals surface area (Å²) in [4.78, 5) is 48.9. The van der Waals surface area contributed by atoms with Gasteiger partial charge in [-0.1, -0.05) is 38.1 Å². The Balaban J connectivity index is 0.911. The highest BCUT2D eigenvalue weighted by Gasteiger charge is 2.50. The van der Waals surface area contributed by atoms with E-state index in [0.29, 0.717) is 42.1 Å². The second kappa shape index (κ2) is 18.0. The number of aromatic nitrogens is 2. The molecule has 3 saturated heterocycles. The molecule has 4 aliphatic rings. The SMILES string of the molecule is CC(C)c1ccccc1C1CCCN1C1CC2(CCN(c3cc(Oc4cnc5[nH]ccc5c4)c(C(=O)NS(=O)(=O)c4ccc(NCC5(F)CCN(C(=O)O)CC5)c([N+](=O)[O-])c4)cc3F)CC2)C1. The van der Waals surface area contributed by atoms with E-state index in [4.69, 9.17) is 4.74 Å². The van der Waals surface area contributed by atoms with Crippen molar-refractivity contribution in [2.45, 2.75) is 93.8 Å². The van der Waals surface area contributed by atoms with E-state index >= 15 is 8.78 Å². The highest BCUT2D eigenvalue weighted by atomic mass is 32.2. The van der Waals surface area contributed by atoms with Crippen LogP contribution in [0, 0.1) is 21.3 Å². The van der Waals surface area contributed by atoms with E-state index in [9.17, 15) is 33.2 Å². The summed E-state index contributed by atoms with van der Waals surface area (Å²) < 4.78 is 67.5. The molecule has 0 bridgehead atoms. The summed E-state index contributed by atoms with van der Waals surface area (Å²) in [5.74, 6) is -1.49. The van der Waals surface area contributed by atoms with Gasteiger partial charge < -0.3 is 29.9 Å². The number of nitro groups is 1. The first kappa shape index (κ1) is 45.8. The van der Waals surface area contributed by atoms with E-state index in [1.54, 1.807) is 18.3 Å². The van der Waals surface area contributed by atoms with E-state index in [1.807, 2.05) is 9.62 Å². The molecule has 354 valence electrons. The van der Waals surface area contributed by atoms with Gasteiger partial charge in [-0.15, -0.1) is 0 Å². The number of amides is 2. The van der Waals surface area contributed by atoms with E-state index in [0.717, 1.165) is 67.8 Å². The first-order valence-electron chi connectivity index (χ1n) is 22.8. The molecule has 16 nitrogen and oxygen atoms in total. The number of carbonyl (C=O) groups excluding carboxylic acids is 1. The maximum Gasteiger partial charge on any atom is 0.407 e. The van der Waals surface area contributed by atoms with Crippen molar-refractivity contribution in [3.05, 3.63) is 112 Å². The zero-order valence-electron chi connectivity index (χ0n) is 37.3. The number of pyridine rings is 1. The lowest BCUT2D eigenvalue weighted by Crippen LogP contribution is -2.55.